The fraction of sp³-hybridized carbons (Fsp3) is 0.200. The van der Waals surface area contributed by atoms with E-state index in [-0.39, 0.29) is 42.1 Å². The van der Waals surface area contributed by atoms with E-state index in [4.69, 9.17) is 212 Å². The number of aryl methyl sites for hydroxylation is 7. The predicted octanol–water partition coefficient (Wildman–Crippen LogP) is 29.8. The Kier molecular flexibility index (Phi) is 27.4. The molecule has 0 saturated heterocycles. The second-order valence-corrected chi connectivity index (χ2v) is 37.7. The van der Waals surface area contributed by atoms with Gasteiger partial charge in [0.25, 0.3) is 27.8 Å². The summed E-state index contributed by atoms with van der Waals surface area (Å²) in [5, 5.41) is 8.96. The molecule has 18 rings (SSSR count). The Hall–Kier alpha value is -7.49. The summed E-state index contributed by atoms with van der Waals surface area (Å²) in [4.78, 5) is 81.2. The summed E-state index contributed by atoms with van der Waals surface area (Å²) in [5.74, 6) is 1.51. The van der Waals surface area contributed by atoms with E-state index in [0.29, 0.717) is 159 Å². The third kappa shape index (κ3) is 18.4. The van der Waals surface area contributed by atoms with Crippen molar-refractivity contribution in [3.63, 3.8) is 0 Å². The molecule has 15 aromatic rings. The maximum Gasteiger partial charge on any atom is 0.266 e. The second kappa shape index (κ2) is 36.7. The summed E-state index contributed by atoms with van der Waals surface area (Å²) < 4.78 is 8.54. The van der Waals surface area contributed by atoms with Gasteiger partial charge in [0.1, 0.15) is 0 Å². The summed E-state index contributed by atoms with van der Waals surface area (Å²) in [6.45, 7) is 21.0. The second-order valence-electron chi connectivity index (χ2n) is 30.5. The smallest absolute Gasteiger partial charge is 0.266 e. The highest BCUT2D eigenvalue weighted by atomic mass is 35.5. The number of fused-ring (bicyclic) bond motifs is 5. The summed E-state index contributed by atoms with van der Waals surface area (Å²) in [6.07, 6.45) is 8.52. The van der Waals surface area contributed by atoms with Crippen LogP contribution in [0.15, 0.2) is 146 Å². The first-order chi connectivity index (χ1) is 58.2. The van der Waals surface area contributed by atoms with E-state index < -0.39 is 0 Å². The van der Waals surface area contributed by atoms with Crippen molar-refractivity contribution in [1.29, 1.82) is 0 Å². The minimum absolute atomic E-state index is 0.155. The molecular weight excluding hydrogens is 1920 g/mol. The minimum atomic E-state index is -0.313. The molecule has 0 radical (unpaired) electrons. The molecule has 630 valence electrons. The lowest BCUT2D eigenvalue weighted by Gasteiger charge is -2.16. The van der Waals surface area contributed by atoms with Crippen LogP contribution in [-0.2, 0) is 0 Å². The molecule has 0 unspecified atom stereocenters. The summed E-state index contributed by atoms with van der Waals surface area (Å²) in [5.41, 5.74) is 17.3. The van der Waals surface area contributed by atoms with Crippen LogP contribution in [0.5, 0.6) is 0 Å². The Morgan fingerprint density at radius 2 is 0.634 bits per heavy atom. The van der Waals surface area contributed by atoms with Crippen molar-refractivity contribution in [2.24, 2.45) is 0 Å². The molecule has 3 aliphatic rings. The molecule has 10 aromatic carbocycles. The Labute approximate surface area is 794 Å². The number of rotatable bonds is 9. The van der Waals surface area contributed by atoms with Gasteiger partial charge < -0.3 is 24.9 Å². The van der Waals surface area contributed by atoms with E-state index in [0.717, 1.165) is 104 Å². The number of aromatic nitrogens is 10. The van der Waals surface area contributed by atoms with Crippen molar-refractivity contribution in [2.45, 2.75) is 119 Å². The van der Waals surface area contributed by atoms with Crippen LogP contribution in [-0.4, -0.2) is 47.8 Å². The molecule has 3 fully saturated rings. The van der Waals surface area contributed by atoms with Gasteiger partial charge in [-0.05, 0) is 362 Å². The molecule has 123 heavy (non-hydrogen) atoms. The third-order valence-corrected chi connectivity index (χ3v) is 27.9. The van der Waals surface area contributed by atoms with Crippen molar-refractivity contribution in [2.75, 3.05) is 0 Å². The Morgan fingerprint density at radius 3 is 1.07 bits per heavy atom. The van der Waals surface area contributed by atoms with Gasteiger partial charge >= 0.3 is 0 Å². The Bertz CT molecular complexity index is 7770. The van der Waals surface area contributed by atoms with Crippen LogP contribution in [0.1, 0.15) is 129 Å². The fourth-order valence-electron chi connectivity index (χ4n) is 14.8. The largest absolute Gasteiger partial charge is 0.331 e. The quantitative estimate of drug-likeness (QED) is 0.0870. The number of hydrogen-bond donors (Lipinski definition) is 5. The molecule has 0 atom stereocenters. The van der Waals surface area contributed by atoms with Crippen molar-refractivity contribution in [1.82, 2.24) is 47.8 Å². The van der Waals surface area contributed by atoms with Crippen molar-refractivity contribution < 1.29 is 0 Å². The molecule has 33 heteroatoms. The standard InChI is InChI=1S/C20H18Cl2N2OS.C19H16Cl2N2OS.2C18H13Cl3N2OS.C15H9Cl3N2OS/c1-9-7-16(10(2)6-14(9)21)24-19(25)13-8-15(22)11(3)17(12-4-5-12)18(13)23-20(24)26;1-9-5-16-13(7-12(9)11-3-4-11)18(24)23(19(25)22-16)17-6-10(2)14(20)8-15(17)21;1-8-4-16(14(21)7-12(8)19)23-17(24)11-5-13(20)10(9-2-3-9)6-15(11)22-18(23)25;1-4-10-9(3)13(20)6-11-16(10)22-18(25)23(17(11)24)15-5-8(2)12(19)7-14(15)21;1-7-4-13(11(18)6-10(7)17)20-14(21)9-5-8(16)2-3-12(9)19-15(20)22/h6-8,12H,4-5H2,1-3H3,(H,23,26);5-8,11H,3-4H2,1-2H3,(H,22,25);4-7,9H,2-3H2,1H3,(H,22,25);4-7H,1H2,2-3H3,(H,22,25);2-6H,1H3,(H,19,22). The zero-order valence-corrected chi connectivity index (χ0v) is 80.4. The van der Waals surface area contributed by atoms with Gasteiger partial charge in [-0.1, -0.05) is 163 Å². The number of hydrogen-bond acceptors (Lipinski definition) is 10. The lowest BCUT2D eigenvalue weighted by Crippen LogP contribution is -2.22. The van der Waals surface area contributed by atoms with E-state index in [9.17, 15) is 24.0 Å². The SMILES string of the molecule is C=Cc1c(C)c(Cl)cc2c(=O)n(-c3cc(C)c(Cl)cc3Cl)c(=S)[nH]c12.Cc1cc(-n2c(=S)[nH]c3c(C4CC4)c(C)c(Cl)cc3c2=O)c(C)cc1Cl.Cc1cc(-n2c(=S)[nH]c3cc(C)c(C4CC4)cc3c2=O)c(Cl)cc1Cl.Cc1cc(-n2c(=S)[nH]c3cc(C4CC4)c(Cl)cc3c2=O)c(Cl)cc1Cl.Cc1cc(-n2c(=S)[nH]c3ccc(Cl)cc3c2=O)c(Cl)cc1Cl. The first kappa shape index (κ1) is 91.7. The third-order valence-electron chi connectivity index (χ3n) is 21.9. The van der Waals surface area contributed by atoms with E-state index in [2.05, 4.69) is 38.4 Å². The lowest BCUT2D eigenvalue weighted by molar-refractivity contribution is 0.923. The number of aromatic amines is 5. The number of benzene rings is 10. The van der Waals surface area contributed by atoms with Crippen LogP contribution in [0.3, 0.4) is 0 Å². The maximum absolute atomic E-state index is 13.3. The predicted molar refractivity (Wildman–Crippen MR) is 527 cm³/mol. The van der Waals surface area contributed by atoms with Gasteiger partial charge in [0.15, 0.2) is 23.9 Å². The van der Waals surface area contributed by atoms with Gasteiger partial charge in [0.05, 0.1) is 103 Å². The molecule has 0 amide bonds. The van der Waals surface area contributed by atoms with E-state index >= 15 is 0 Å². The van der Waals surface area contributed by atoms with E-state index in [1.807, 2.05) is 85.7 Å². The molecule has 5 heterocycles. The van der Waals surface area contributed by atoms with Crippen LogP contribution < -0.4 is 27.8 Å². The van der Waals surface area contributed by atoms with E-state index in [1.165, 1.54) is 42.2 Å². The fourth-order valence-corrected chi connectivity index (χ4v) is 19.2. The number of nitrogens with zero attached hydrogens (tertiary/aromatic N) is 5. The van der Waals surface area contributed by atoms with Gasteiger partial charge in [-0.2, -0.15) is 0 Å². The van der Waals surface area contributed by atoms with Crippen LogP contribution in [0.2, 0.25) is 65.3 Å². The molecule has 3 aliphatic carbocycles. The first-order valence-corrected chi connectivity index (χ1v) is 45.0. The van der Waals surface area contributed by atoms with E-state index in [1.54, 1.807) is 95.6 Å². The average Bonchev–Trinajstić information content (AvgIpc) is 1.63. The number of halogens is 13. The molecule has 0 aliphatic heterocycles. The van der Waals surface area contributed by atoms with Gasteiger partial charge in [-0.25, -0.2) is 0 Å². The van der Waals surface area contributed by atoms with Crippen LogP contribution >= 0.6 is 212 Å². The minimum Gasteiger partial charge on any atom is -0.331 e. The Morgan fingerprint density at radius 1 is 0.301 bits per heavy atom. The highest BCUT2D eigenvalue weighted by Gasteiger charge is 2.32. The monoisotopic (exact) mass is 1980 g/mol. The van der Waals surface area contributed by atoms with Gasteiger partial charge in [-0.3, -0.25) is 46.8 Å². The molecule has 0 bridgehead atoms. The van der Waals surface area contributed by atoms with Crippen LogP contribution in [0, 0.1) is 86.2 Å². The number of H-pyrrole nitrogens is 5. The van der Waals surface area contributed by atoms with Crippen molar-refractivity contribution >= 4 is 272 Å². The van der Waals surface area contributed by atoms with Crippen molar-refractivity contribution in [3.8, 4) is 28.4 Å². The van der Waals surface area contributed by atoms with Gasteiger partial charge in [-0.15, -0.1) is 0 Å². The van der Waals surface area contributed by atoms with Crippen molar-refractivity contribution in [3.05, 3.63) is 335 Å². The maximum atomic E-state index is 13.3. The summed E-state index contributed by atoms with van der Waals surface area (Å²) in [7, 11) is 0. The highest BCUT2D eigenvalue weighted by molar-refractivity contribution is 7.72. The number of nitrogens with one attached hydrogen (secondary N) is 5. The summed E-state index contributed by atoms with van der Waals surface area (Å²) >= 11 is 108. The van der Waals surface area contributed by atoms with Gasteiger partial charge in [0.2, 0.25) is 0 Å². The molecule has 5 N–H and O–H groups in total. The normalized spacial score (nSPS) is 13.0. The van der Waals surface area contributed by atoms with Crippen LogP contribution in [0.25, 0.3) is 89.0 Å². The lowest BCUT2D eigenvalue weighted by atomic mass is 10.0. The molecule has 0 spiro atoms. The molecular formula is C90H69Cl13N10O5S5. The zero-order valence-electron chi connectivity index (χ0n) is 66.5. The average molecular weight is 1990 g/mol. The molecule has 15 nitrogen and oxygen atoms in total. The highest BCUT2D eigenvalue weighted by Crippen LogP contribution is 2.47. The zero-order chi connectivity index (χ0) is 89.0. The molecule has 3 saturated carbocycles. The Balaban J connectivity index is 0.000000125. The summed E-state index contributed by atoms with van der Waals surface area (Å²) in [6, 6.07) is 33.2. The topological polar surface area (TPSA) is 189 Å². The molecule has 5 aromatic heterocycles. The van der Waals surface area contributed by atoms with Crippen LogP contribution in [0.4, 0.5) is 0 Å². The first-order valence-electron chi connectivity index (χ1n) is 38.1. The van der Waals surface area contributed by atoms with Gasteiger partial charge in [0, 0.05) is 50.8 Å².